The lowest BCUT2D eigenvalue weighted by atomic mass is 9.70. The van der Waals surface area contributed by atoms with Crippen molar-refractivity contribution in [3.8, 4) is 0 Å². The Morgan fingerprint density at radius 3 is 2.35 bits per heavy atom. The zero-order chi connectivity index (χ0) is 28.6. The summed E-state index contributed by atoms with van der Waals surface area (Å²) in [5.74, 6) is -4.00. The molecule has 3 aliphatic heterocycles. The molecule has 2 N–H and O–H groups in total. The van der Waals surface area contributed by atoms with Crippen molar-refractivity contribution >= 4 is 29.2 Å². The Morgan fingerprint density at radius 2 is 1.77 bits per heavy atom. The average molecular weight is 548 g/mol. The number of ether oxygens (including phenoxy) is 1. The predicted octanol–water partition coefficient (Wildman–Crippen LogP) is 3.24. The number of rotatable bonds is 11. The van der Waals surface area contributed by atoms with Gasteiger partial charge in [0.15, 0.2) is 0 Å². The number of aliphatic carboxylic acids is 1. The standard InChI is InChI=1S/C31H37N3O6/c1-4-18-33(22-14-12-21(13-15-22)32(5-2)6-3)29(37)27-31-17-16-24(40-31)25(30(38)39)26(31)28(36)34(27)23(19-35)20-10-8-7-9-11-20/h4,7-15,23-27,35H,1,5-6,16-19H2,2-3H3,(H,38,39)/t23-,24-,25+,26+,27?,31?/m1/s1. The van der Waals surface area contributed by atoms with Gasteiger partial charge in [0.1, 0.15) is 11.6 Å². The molecule has 0 aromatic heterocycles. The molecule has 3 saturated heterocycles. The summed E-state index contributed by atoms with van der Waals surface area (Å²) in [4.78, 5) is 46.3. The minimum atomic E-state index is -1.29. The van der Waals surface area contributed by atoms with Crippen molar-refractivity contribution in [3.63, 3.8) is 0 Å². The molecule has 9 heteroatoms. The van der Waals surface area contributed by atoms with Crippen molar-refractivity contribution in [3.05, 3.63) is 72.8 Å². The molecule has 212 valence electrons. The van der Waals surface area contributed by atoms with E-state index in [1.165, 1.54) is 4.90 Å². The van der Waals surface area contributed by atoms with Crippen molar-refractivity contribution in [2.24, 2.45) is 11.8 Å². The van der Waals surface area contributed by atoms with E-state index in [1.807, 2.05) is 30.3 Å². The van der Waals surface area contributed by atoms with Gasteiger partial charge < -0.3 is 29.6 Å². The number of amides is 2. The van der Waals surface area contributed by atoms with E-state index in [0.717, 1.165) is 18.8 Å². The number of carboxylic acid groups (broad SMARTS) is 1. The molecule has 2 aromatic carbocycles. The molecule has 2 amide bonds. The largest absolute Gasteiger partial charge is 0.481 e. The van der Waals surface area contributed by atoms with Gasteiger partial charge >= 0.3 is 5.97 Å². The zero-order valence-electron chi connectivity index (χ0n) is 23.0. The van der Waals surface area contributed by atoms with Crippen molar-refractivity contribution in [2.75, 3.05) is 36.0 Å². The zero-order valence-corrected chi connectivity index (χ0v) is 23.0. The van der Waals surface area contributed by atoms with Gasteiger partial charge in [-0.1, -0.05) is 36.4 Å². The van der Waals surface area contributed by atoms with Crippen LogP contribution < -0.4 is 9.80 Å². The molecule has 6 atom stereocenters. The van der Waals surface area contributed by atoms with Crippen LogP contribution in [-0.2, 0) is 19.1 Å². The van der Waals surface area contributed by atoms with Crippen molar-refractivity contribution < 1.29 is 29.3 Å². The number of carboxylic acids is 1. The maximum absolute atomic E-state index is 14.6. The van der Waals surface area contributed by atoms with Crippen LogP contribution in [0.25, 0.3) is 0 Å². The van der Waals surface area contributed by atoms with Gasteiger partial charge in [-0.15, -0.1) is 6.58 Å². The normalized spacial score (nSPS) is 27.4. The number of carbonyl (C=O) groups excluding carboxylic acids is 2. The van der Waals surface area contributed by atoms with Crippen LogP contribution in [0.1, 0.15) is 38.3 Å². The van der Waals surface area contributed by atoms with E-state index < -0.39 is 54.1 Å². The molecule has 0 aliphatic carbocycles. The van der Waals surface area contributed by atoms with E-state index in [-0.39, 0.29) is 12.5 Å². The Kier molecular flexibility index (Phi) is 7.70. The van der Waals surface area contributed by atoms with Crippen LogP contribution in [0.5, 0.6) is 0 Å². The van der Waals surface area contributed by atoms with Gasteiger partial charge in [-0.05, 0) is 56.5 Å². The van der Waals surface area contributed by atoms with Crippen LogP contribution in [0.15, 0.2) is 67.3 Å². The van der Waals surface area contributed by atoms with Crippen LogP contribution >= 0.6 is 0 Å². The quantitative estimate of drug-likeness (QED) is 0.416. The third-order valence-electron chi connectivity index (χ3n) is 8.82. The number of nitrogens with zero attached hydrogens (tertiary/aromatic N) is 3. The van der Waals surface area contributed by atoms with Gasteiger partial charge in [0.2, 0.25) is 5.91 Å². The van der Waals surface area contributed by atoms with Gasteiger partial charge in [0.05, 0.1) is 30.6 Å². The monoisotopic (exact) mass is 547 g/mol. The maximum atomic E-state index is 14.6. The molecule has 40 heavy (non-hydrogen) atoms. The topological polar surface area (TPSA) is 111 Å². The minimum Gasteiger partial charge on any atom is -0.481 e. The first kappa shape index (κ1) is 27.9. The molecule has 0 saturated carbocycles. The Bertz CT molecular complexity index is 1260. The Hall–Kier alpha value is -3.69. The lowest BCUT2D eigenvalue weighted by molar-refractivity contribution is -0.151. The molecule has 3 heterocycles. The molecule has 2 aromatic rings. The molecular formula is C31H37N3O6. The Labute approximate surface area is 234 Å². The summed E-state index contributed by atoms with van der Waals surface area (Å²) in [6.45, 7) is 9.47. The van der Waals surface area contributed by atoms with Gasteiger partial charge in [-0.25, -0.2) is 0 Å². The van der Waals surface area contributed by atoms with E-state index in [4.69, 9.17) is 4.74 Å². The fourth-order valence-corrected chi connectivity index (χ4v) is 7.05. The van der Waals surface area contributed by atoms with Crippen LogP contribution in [-0.4, -0.2) is 76.9 Å². The lowest BCUT2D eigenvalue weighted by Gasteiger charge is -2.39. The molecule has 5 rings (SSSR count). The summed E-state index contributed by atoms with van der Waals surface area (Å²) in [5.41, 5.74) is 1.04. The summed E-state index contributed by atoms with van der Waals surface area (Å²) in [7, 11) is 0. The molecular weight excluding hydrogens is 510 g/mol. The molecule has 3 fully saturated rings. The van der Waals surface area contributed by atoms with Gasteiger partial charge in [0, 0.05) is 31.0 Å². The van der Waals surface area contributed by atoms with Crippen LogP contribution in [0.4, 0.5) is 11.4 Å². The summed E-state index contributed by atoms with van der Waals surface area (Å²) in [6, 6.07) is 14.7. The summed E-state index contributed by atoms with van der Waals surface area (Å²) in [6.07, 6.45) is 1.84. The van der Waals surface area contributed by atoms with E-state index in [1.54, 1.807) is 35.2 Å². The van der Waals surface area contributed by atoms with Crippen molar-refractivity contribution in [2.45, 2.75) is 50.5 Å². The number of carbonyl (C=O) groups is 3. The fourth-order valence-electron chi connectivity index (χ4n) is 7.05. The second-order valence-electron chi connectivity index (χ2n) is 10.7. The van der Waals surface area contributed by atoms with Crippen molar-refractivity contribution in [1.29, 1.82) is 0 Å². The highest BCUT2D eigenvalue weighted by Crippen LogP contribution is 2.60. The number of likely N-dealkylation sites (tertiary alicyclic amines) is 1. The van der Waals surface area contributed by atoms with Crippen LogP contribution in [0.3, 0.4) is 0 Å². The smallest absolute Gasteiger partial charge is 0.310 e. The summed E-state index contributed by atoms with van der Waals surface area (Å²) >= 11 is 0. The highest BCUT2D eigenvalue weighted by Gasteiger charge is 2.75. The number of anilines is 2. The van der Waals surface area contributed by atoms with Gasteiger partial charge in [-0.2, -0.15) is 0 Å². The molecule has 9 nitrogen and oxygen atoms in total. The average Bonchev–Trinajstić information content (AvgIpc) is 3.61. The Morgan fingerprint density at radius 1 is 1.12 bits per heavy atom. The molecule has 1 spiro atoms. The predicted molar refractivity (Wildman–Crippen MR) is 151 cm³/mol. The lowest BCUT2D eigenvalue weighted by Crippen LogP contribution is -2.57. The third-order valence-corrected chi connectivity index (χ3v) is 8.82. The van der Waals surface area contributed by atoms with Crippen LogP contribution in [0.2, 0.25) is 0 Å². The first-order valence-electron chi connectivity index (χ1n) is 14.0. The molecule has 3 aliphatic rings. The molecule has 0 radical (unpaired) electrons. The number of hydrogen-bond acceptors (Lipinski definition) is 6. The fraction of sp³-hybridized carbons (Fsp3) is 0.452. The first-order valence-corrected chi connectivity index (χ1v) is 14.0. The second kappa shape index (κ2) is 11.1. The minimum absolute atomic E-state index is 0.184. The Balaban J connectivity index is 1.60. The van der Waals surface area contributed by atoms with Crippen molar-refractivity contribution in [1.82, 2.24) is 4.90 Å². The summed E-state index contributed by atoms with van der Waals surface area (Å²) in [5, 5.41) is 20.6. The first-order chi connectivity index (χ1) is 19.3. The van der Waals surface area contributed by atoms with E-state index in [0.29, 0.717) is 24.1 Å². The van der Waals surface area contributed by atoms with E-state index in [2.05, 4.69) is 25.3 Å². The third kappa shape index (κ3) is 4.28. The van der Waals surface area contributed by atoms with E-state index >= 15 is 0 Å². The number of aliphatic hydroxyl groups excluding tert-OH is 1. The van der Waals surface area contributed by atoms with Gasteiger partial charge in [-0.3, -0.25) is 14.4 Å². The maximum Gasteiger partial charge on any atom is 0.310 e. The second-order valence-corrected chi connectivity index (χ2v) is 10.7. The number of benzene rings is 2. The highest BCUT2D eigenvalue weighted by atomic mass is 16.5. The highest BCUT2D eigenvalue weighted by molar-refractivity contribution is 6.04. The number of fused-ring (bicyclic) bond motifs is 1. The number of hydrogen-bond donors (Lipinski definition) is 2. The number of aliphatic hydroxyl groups is 1. The molecule has 2 bridgehead atoms. The summed E-state index contributed by atoms with van der Waals surface area (Å²) < 4.78 is 6.36. The van der Waals surface area contributed by atoms with Gasteiger partial charge in [0.25, 0.3) is 5.91 Å². The SMILES string of the molecule is C=CCN(C(=O)C1N([C@H](CO)c2ccccc2)C(=O)[C@@H]2[C@@H](C(=O)O)[C@H]3CCC12O3)c1ccc(N(CC)CC)cc1. The van der Waals surface area contributed by atoms with Crippen LogP contribution in [0, 0.1) is 11.8 Å². The molecule has 2 unspecified atom stereocenters. The van der Waals surface area contributed by atoms with E-state index in [9.17, 15) is 24.6 Å².